The second-order valence-electron chi connectivity index (χ2n) is 2.43. The Kier molecular flexibility index (Phi) is 2.17. The van der Waals surface area contributed by atoms with Crippen molar-refractivity contribution >= 4 is 0 Å². The Morgan fingerprint density at radius 1 is 1.50 bits per heavy atom. The SMILES string of the molecule is CCC1=CN(C)NN1CC. The van der Waals surface area contributed by atoms with Crippen molar-refractivity contribution in [3.63, 3.8) is 0 Å². The van der Waals surface area contributed by atoms with Crippen molar-refractivity contribution in [1.82, 2.24) is 15.6 Å². The normalized spacial score (nSPS) is 18.1. The van der Waals surface area contributed by atoms with Gasteiger partial charge in [0.05, 0.1) is 0 Å². The molecule has 0 radical (unpaired) electrons. The van der Waals surface area contributed by atoms with E-state index in [1.807, 2.05) is 12.1 Å². The molecule has 1 heterocycles. The zero-order chi connectivity index (χ0) is 7.56. The van der Waals surface area contributed by atoms with Gasteiger partial charge in [0.2, 0.25) is 0 Å². The first kappa shape index (κ1) is 7.41. The fourth-order valence-electron chi connectivity index (χ4n) is 1.13. The molecule has 1 aliphatic heterocycles. The molecule has 0 saturated heterocycles. The smallest absolute Gasteiger partial charge is 0.0482 e. The van der Waals surface area contributed by atoms with Crippen LogP contribution in [0.15, 0.2) is 11.9 Å². The van der Waals surface area contributed by atoms with Gasteiger partial charge in [0.1, 0.15) is 0 Å². The third-order valence-electron chi connectivity index (χ3n) is 1.65. The van der Waals surface area contributed by atoms with Crippen molar-refractivity contribution in [2.75, 3.05) is 13.6 Å². The van der Waals surface area contributed by atoms with Gasteiger partial charge in [-0.15, -0.1) is 5.53 Å². The summed E-state index contributed by atoms with van der Waals surface area (Å²) in [6, 6.07) is 0. The Balaban J connectivity index is 2.56. The molecule has 0 atom stereocenters. The highest BCUT2D eigenvalue weighted by molar-refractivity contribution is 5.01. The van der Waals surface area contributed by atoms with E-state index in [-0.39, 0.29) is 0 Å². The number of nitrogens with one attached hydrogen (secondary N) is 1. The second-order valence-corrected chi connectivity index (χ2v) is 2.43. The Morgan fingerprint density at radius 3 is 2.60 bits per heavy atom. The summed E-state index contributed by atoms with van der Waals surface area (Å²) in [5.74, 6) is 0. The Bertz CT molecular complexity index is 142. The summed E-state index contributed by atoms with van der Waals surface area (Å²) in [7, 11) is 2.01. The minimum absolute atomic E-state index is 1.02. The van der Waals surface area contributed by atoms with Crippen molar-refractivity contribution in [2.24, 2.45) is 0 Å². The Morgan fingerprint density at radius 2 is 2.20 bits per heavy atom. The highest BCUT2D eigenvalue weighted by Gasteiger charge is 2.13. The fraction of sp³-hybridized carbons (Fsp3) is 0.714. The van der Waals surface area contributed by atoms with Crippen molar-refractivity contribution in [1.29, 1.82) is 0 Å². The van der Waals surface area contributed by atoms with Crippen LogP contribution in [0.4, 0.5) is 0 Å². The van der Waals surface area contributed by atoms with E-state index < -0.39 is 0 Å². The molecule has 1 aliphatic rings. The zero-order valence-corrected chi connectivity index (χ0v) is 6.89. The van der Waals surface area contributed by atoms with Gasteiger partial charge in [-0.25, -0.2) is 0 Å². The lowest BCUT2D eigenvalue weighted by atomic mass is 10.3. The molecule has 0 aromatic heterocycles. The van der Waals surface area contributed by atoms with Crippen LogP contribution < -0.4 is 5.53 Å². The number of hydrazine groups is 2. The quantitative estimate of drug-likeness (QED) is 0.617. The van der Waals surface area contributed by atoms with Crippen LogP contribution in [-0.4, -0.2) is 23.6 Å². The molecule has 3 heteroatoms. The van der Waals surface area contributed by atoms with Gasteiger partial charge < -0.3 is 0 Å². The summed E-state index contributed by atoms with van der Waals surface area (Å²) in [5.41, 5.74) is 4.53. The van der Waals surface area contributed by atoms with E-state index in [0.29, 0.717) is 0 Å². The standard InChI is InChI=1S/C7H15N3/c1-4-7-6-9(3)8-10(7)5-2/h6,8H,4-5H2,1-3H3. The first-order valence-corrected chi connectivity index (χ1v) is 3.75. The summed E-state index contributed by atoms with van der Waals surface area (Å²) in [6.45, 7) is 5.31. The first-order chi connectivity index (χ1) is 4.77. The van der Waals surface area contributed by atoms with Crippen LogP contribution in [0.25, 0.3) is 0 Å². The van der Waals surface area contributed by atoms with Gasteiger partial charge in [-0.1, -0.05) is 6.92 Å². The summed E-state index contributed by atoms with van der Waals surface area (Å²) in [5, 5.41) is 4.11. The second kappa shape index (κ2) is 2.92. The van der Waals surface area contributed by atoms with E-state index in [1.54, 1.807) is 0 Å². The minimum atomic E-state index is 1.02. The summed E-state index contributed by atoms with van der Waals surface area (Å²) >= 11 is 0. The maximum Gasteiger partial charge on any atom is 0.0482 e. The van der Waals surface area contributed by atoms with Gasteiger partial charge in [-0.3, -0.25) is 10.0 Å². The molecule has 0 amide bonds. The molecule has 1 rings (SSSR count). The third-order valence-corrected chi connectivity index (χ3v) is 1.65. The fourth-order valence-corrected chi connectivity index (χ4v) is 1.13. The van der Waals surface area contributed by atoms with E-state index in [0.717, 1.165) is 13.0 Å². The minimum Gasteiger partial charge on any atom is -0.299 e. The van der Waals surface area contributed by atoms with Crippen molar-refractivity contribution in [3.05, 3.63) is 11.9 Å². The molecule has 0 aliphatic carbocycles. The van der Waals surface area contributed by atoms with Crippen LogP contribution in [0.3, 0.4) is 0 Å². The average Bonchev–Trinajstić information content (AvgIpc) is 2.30. The van der Waals surface area contributed by atoms with Crippen molar-refractivity contribution in [2.45, 2.75) is 20.3 Å². The summed E-state index contributed by atoms with van der Waals surface area (Å²) in [6.07, 6.45) is 3.20. The highest BCUT2D eigenvalue weighted by atomic mass is 15.8. The Labute approximate surface area is 62.2 Å². The van der Waals surface area contributed by atoms with Gasteiger partial charge in [-0.2, -0.15) is 0 Å². The molecule has 1 N–H and O–H groups in total. The lowest BCUT2D eigenvalue weighted by Gasteiger charge is -2.20. The molecule has 10 heavy (non-hydrogen) atoms. The molecule has 0 unspecified atom stereocenters. The number of hydrogen-bond donors (Lipinski definition) is 1. The van der Waals surface area contributed by atoms with Crippen LogP contribution >= 0.6 is 0 Å². The molecule has 0 bridgehead atoms. The molecular weight excluding hydrogens is 126 g/mol. The maximum atomic E-state index is 3.18. The number of rotatable bonds is 2. The van der Waals surface area contributed by atoms with Crippen LogP contribution in [0.1, 0.15) is 20.3 Å². The molecule has 0 spiro atoms. The molecule has 0 aromatic carbocycles. The summed E-state index contributed by atoms with van der Waals surface area (Å²) < 4.78 is 0. The molecular formula is C7H15N3. The van der Waals surface area contributed by atoms with Gasteiger partial charge in [-0.05, 0) is 13.3 Å². The van der Waals surface area contributed by atoms with Crippen LogP contribution in [-0.2, 0) is 0 Å². The molecule has 58 valence electrons. The van der Waals surface area contributed by atoms with Crippen molar-refractivity contribution in [3.8, 4) is 0 Å². The number of allylic oxidation sites excluding steroid dienone is 1. The van der Waals surface area contributed by atoms with Crippen LogP contribution in [0, 0.1) is 0 Å². The largest absolute Gasteiger partial charge is 0.299 e. The predicted octanol–water partition coefficient (Wildman–Crippen LogP) is 0.925. The van der Waals surface area contributed by atoms with E-state index in [2.05, 4.69) is 30.6 Å². The maximum absolute atomic E-state index is 3.18. The first-order valence-electron chi connectivity index (χ1n) is 3.75. The van der Waals surface area contributed by atoms with Gasteiger partial charge >= 0.3 is 0 Å². The zero-order valence-electron chi connectivity index (χ0n) is 6.89. The summed E-state index contributed by atoms with van der Waals surface area (Å²) in [4.78, 5) is 0. The van der Waals surface area contributed by atoms with Crippen LogP contribution in [0.5, 0.6) is 0 Å². The molecule has 0 saturated carbocycles. The van der Waals surface area contributed by atoms with Crippen molar-refractivity contribution < 1.29 is 0 Å². The molecule has 0 fully saturated rings. The number of nitrogens with zero attached hydrogens (tertiary/aromatic N) is 2. The predicted molar refractivity (Wildman–Crippen MR) is 41.7 cm³/mol. The Hall–Kier alpha value is -0.700. The van der Waals surface area contributed by atoms with Gasteiger partial charge in [0, 0.05) is 25.5 Å². The third kappa shape index (κ3) is 1.24. The van der Waals surface area contributed by atoms with E-state index >= 15 is 0 Å². The average molecular weight is 141 g/mol. The number of hydrogen-bond acceptors (Lipinski definition) is 3. The van der Waals surface area contributed by atoms with E-state index in [9.17, 15) is 0 Å². The topological polar surface area (TPSA) is 18.5 Å². The monoisotopic (exact) mass is 141 g/mol. The molecule has 3 nitrogen and oxygen atoms in total. The van der Waals surface area contributed by atoms with E-state index in [4.69, 9.17) is 0 Å². The lowest BCUT2D eigenvalue weighted by molar-refractivity contribution is 0.156. The van der Waals surface area contributed by atoms with Gasteiger partial charge in [0.15, 0.2) is 0 Å². The van der Waals surface area contributed by atoms with E-state index in [1.165, 1.54) is 5.70 Å². The van der Waals surface area contributed by atoms with Gasteiger partial charge in [0.25, 0.3) is 0 Å². The molecule has 0 aromatic rings. The highest BCUT2D eigenvalue weighted by Crippen LogP contribution is 2.11. The lowest BCUT2D eigenvalue weighted by Crippen LogP contribution is -2.38. The van der Waals surface area contributed by atoms with Crippen LogP contribution in [0.2, 0.25) is 0 Å².